The summed E-state index contributed by atoms with van der Waals surface area (Å²) in [6, 6.07) is 10.8. The molecule has 0 aliphatic carbocycles. The van der Waals surface area contributed by atoms with Crippen molar-refractivity contribution in [2.75, 3.05) is 25.5 Å². The second-order valence-corrected chi connectivity index (χ2v) is 9.05. The Hall–Kier alpha value is -3.11. The lowest BCUT2D eigenvalue weighted by atomic mass is 9.96. The highest BCUT2D eigenvalue weighted by molar-refractivity contribution is 7.89. The molecule has 0 bridgehead atoms. The number of nitrogens with zero attached hydrogens (tertiary/aromatic N) is 4. The van der Waals surface area contributed by atoms with Gasteiger partial charge in [0, 0.05) is 37.1 Å². The average Bonchev–Trinajstić information content (AvgIpc) is 2.80. The van der Waals surface area contributed by atoms with Crippen molar-refractivity contribution in [3.63, 3.8) is 0 Å². The molecule has 3 aromatic rings. The quantitative estimate of drug-likeness (QED) is 0.624. The van der Waals surface area contributed by atoms with Crippen LogP contribution < -0.4 is 10.1 Å². The maximum absolute atomic E-state index is 13.8. The molecule has 1 atom stereocenters. The van der Waals surface area contributed by atoms with E-state index < -0.39 is 15.8 Å². The van der Waals surface area contributed by atoms with Crippen molar-refractivity contribution in [3.8, 4) is 5.75 Å². The first-order valence-corrected chi connectivity index (χ1v) is 11.3. The van der Waals surface area contributed by atoms with Crippen LogP contribution in [0, 0.1) is 5.82 Å². The molecule has 3 heterocycles. The van der Waals surface area contributed by atoms with Crippen LogP contribution in [-0.4, -0.2) is 47.9 Å². The topological polar surface area (TPSA) is 97.3 Å². The lowest BCUT2D eigenvalue weighted by Gasteiger charge is -2.32. The summed E-state index contributed by atoms with van der Waals surface area (Å²) in [5.74, 6) is 0.405. The molecule has 1 aliphatic heterocycles. The van der Waals surface area contributed by atoms with Gasteiger partial charge in [-0.3, -0.25) is 0 Å². The number of sulfonamides is 1. The van der Waals surface area contributed by atoms with Gasteiger partial charge in [0.05, 0.1) is 7.11 Å². The van der Waals surface area contributed by atoms with Crippen LogP contribution in [0.25, 0.3) is 0 Å². The molecule has 1 N–H and O–H groups in total. The van der Waals surface area contributed by atoms with Crippen LogP contribution in [0.2, 0.25) is 0 Å². The van der Waals surface area contributed by atoms with Crippen LogP contribution in [0.1, 0.15) is 24.5 Å². The fraction of sp³-hybridized carbons (Fsp3) is 0.286. The zero-order chi connectivity index (χ0) is 21.8. The minimum absolute atomic E-state index is 0.0958. The molecule has 8 nitrogen and oxygen atoms in total. The van der Waals surface area contributed by atoms with E-state index in [1.54, 1.807) is 24.5 Å². The van der Waals surface area contributed by atoms with Gasteiger partial charge in [-0.05, 0) is 49.2 Å². The predicted molar refractivity (Wildman–Crippen MR) is 113 cm³/mol. The van der Waals surface area contributed by atoms with Crippen molar-refractivity contribution in [1.82, 2.24) is 19.3 Å². The molecule has 0 spiro atoms. The first-order valence-electron chi connectivity index (χ1n) is 9.82. The molecule has 1 saturated heterocycles. The van der Waals surface area contributed by atoms with Crippen LogP contribution in [0.5, 0.6) is 5.75 Å². The van der Waals surface area contributed by atoms with Gasteiger partial charge < -0.3 is 10.1 Å². The predicted octanol–water partition coefficient (Wildman–Crippen LogP) is 3.33. The Morgan fingerprint density at radius 2 is 1.97 bits per heavy atom. The van der Waals surface area contributed by atoms with E-state index in [2.05, 4.69) is 20.3 Å². The number of methoxy groups -OCH3 is 1. The summed E-state index contributed by atoms with van der Waals surface area (Å²) in [4.78, 5) is 12.7. The summed E-state index contributed by atoms with van der Waals surface area (Å²) in [5, 5.41) is 3.05. The molecule has 0 unspecified atom stereocenters. The van der Waals surface area contributed by atoms with Gasteiger partial charge >= 0.3 is 0 Å². The van der Waals surface area contributed by atoms with Gasteiger partial charge in [-0.25, -0.2) is 27.8 Å². The molecule has 31 heavy (non-hydrogen) atoms. The van der Waals surface area contributed by atoms with Crippen molar-refractivity contribution >= 4 is 21.8 Å². The van der Waals surface area contributed by atoms with Crippen LogP contribution in [0.4, 0.5) is 16.2 Å². The number of nitrogens with one attached hydrogen (secondary N) is 1. The Labute approximate surface area is 180 Å². The maximum atomic E-state index is 13.8. The second-order valence-electron chi connectivity index (χ2n) is 7.14. The third-order valence-corrected chi connectivity index (χ3v) is 7.01. The molecule has 10 heteroatoms. The number of hydrogen-bond acceptors (Lipinski definition) is 7. The number of pyridine rings is 1. The number of anilines is 2. The zero-order valence-electron chi connectivity index (χ0n) is 16.9. The Morgan fingerprint density at radius 3 is 2.74 bits per heavy atom. The summed E-state index contributed by atoms with van der Waals surface area (Å²) in [7, 11) is -2.56. The van der Waals surface area contributed by atoms with Crippen LogP contribution in [0.3, 0.4) is 0 Å². The second kappa shape index (κ2) is 8.94. The number of halogens is 1. The largest absolute Gasteiger partial charge is 0.495 e. The Morgan fingerprint density at radius 1 is 1.16 bits per heavy atom. The number of benzene rings is 1. The first-order chi connectivity index (χ1) is 15.0. The monoisotopic (exact) mass is 443 g/mol. The number of rotatable bonds is 6. The van der Waals surface area contributed by atoms with E-state index in [0.29, 0.717) is 24.7 Å². The lowest BCUT2D eigenvalue weighted by molar-refractivity contribution is 0.310. The summed E-state index contributed by atoms with van der Waals surface area (Å²) in [6.45, 7) is 0.606. The number of hydrogen-bond donors (Lipinski definition) is 1. The van der Waals surface area contributed by atoms with Crippen LogP contribution in [-0.2, 0) is 10.0 Å². The molecule has 4 rings (SSSR count). The third-order valence-electron chi connectivity index (χ3n) is 5.12. The van der Waals surface area contributed by atoms with Gasteiger partial charge in [-0.2, -0.15) is 4.31 Å². The Kier molecular flexibility index (Phi) is 6.10. The fourth-order valence-electron chi connectivity index (χ4n) is 3.62. The number of piperidine rings is 1. The first kappa shape index (κ1) is 21.1. The van der Waals surface area contributed by atoms with E-state index in [1.807, 2.05) is 12.1 Å². The van der Waals surface area contributed by atoms with Crippen molar-refractivity contribution in [3.05, 3.63) is 66.4 Å². The van der Waals surface area contributed by atoms with E-state index in [1.165, 1.54) is 23.5 Å². The molecule has 162 valence electrons. The van der Waals surface area contributed by atoms with E-state index in [9.17, 15) is 12.8 Å². The van der Waals surface area contributed by atoms with Crippen molar-refractivity contribution in [2.45, 2.75) is 23.7 Å². The molecule has 1 aromatic carbocycles. The van der Waals surface area contributed by atoms with E-state index in [0.717, 1.165) is 18.2 Å². The minimum Gasteiger partial charge on any atom is -0.495 e. The highest BCUT2D eigenvalue weighted by Crippen LogP contribution is 2.33. The molecule has 0 saturated carbocycles. The van der Waals surface area contributed by atoms with Gasteiger partial charge in [-0.15, -0.1) is 0 Å². The van der Waals surface area contributed by atoms with Crippen molar-refractivity contribution in [2.24, 2.45) is 0 Å². The third kappa shape index (κ3) is 4.64. The van der Waals surface area contributed by atoms with Crippen molar-refractivity contribution < 1.29 is 17.5 Å². The molecular formula is C21H22FN5O3S. The highest BCUT2D eigenvalue weighted by atomic mass is 32.2. The summed E-state index contributed by atoms with van der Waals surface area (Å²) >= 11 is 0. The van der Waals surface area contributed by atoms with E-state index in [4.69, 9.17) is 4.74 Å². The molecular weight excluding hydrogens is 421 g/mol. The van der Waals surface area contributed by atoms with Gasteiger partial charge in [0.2, 0.25) is 16.0 Å². The lowest BCUT2D eigenvalue weighted by Crippen LogP contribution is -2.39. The van der Waals surface area contributed by atoms with Crippen molar-refractivity contribution in [1.29, 1.82) is 0 Å². The van der Waals surface area contributed by atoms with Gasteiger partial charge in [0.1, 0.15) is 22.3 Å². The standard InChI is InChI=1S/C21H22FN5O3S/c1-30-18-9-8-16(22)13-19(18)31(28,29)27-12-3-5-15(14-27)17-6-2-7-20(25-17)26-21-23-10-4-11-24-21/h2,4,6-11,13,15H,3,5,12,14H2,1H3,(H,23,24,25,26)/t15-/m1/s1. The minimum atomic E-state index is -3.92. The number of ether oxygens (including phenoxy) is 1. The Bertz CT molecular complexity index is 1160. The fourth-order valence-corrected chi connectivity index (χ4v) is 5.31. The normalized spacial score (nSPS) is 17.3. The highest BCUT2D eigenvalue weighted by Gasteiger charge is 2.33. The summed E-state index contributed by atoms with van der Waals surface area (Å²) in [5.41, 5.74) is 0.770. The summed E-state index contributed by atoms with van der Waals surface area (Å²) < 4.78 is 46.8. The van der Waals surface area contributed by atoms with Gasteiger partial charge in [-0.1, -0.05) is 6.07 Å². The number of aromatic nitrogens is 3. The van der Waals surface area contributed by atoms with E-state index in [-0.39, 0.29) is 23.1 Å². The molecule has 1 fully saturated rings. The van der Waals surface area contributed by atoms with Gasteiger partial charge in [0.15, 0.2) is 0 Å². The maximum Gasteiger partial charge on any atom is 0.246 e. The summed E-state index contributed by atoms with van der Waals surface area (Å²) in [6.07, 6.45) is 4.72. The average molecular weight is 444 g/mol. The SMILES string of the molecule is COc1ccc(F)cc1S(=O)(=O)N1CCC[C@@H](c2cccc(Nc3ncccn3)n2)C1. The zero-order valence-corrected chi connectivity index (χ0v) is 17.7. The van der Waals surface area contributed by atoms with E-state index >= 15 is 0 Å². The molecule has 2 aromatic heterocycles. The molecule has 0 amide bonds. The Balaban J connectivity index is 1.56. The van der Waals surface area contributed by atoms with Crippen LogP contribution >= 0.6 is 0 Å². The molecule has 1 aliphatic rings. The van der Waals surface area contributed by atoms with Crippen LogP contribution in [0.15, 0.2) is 59.8 Å². The smallest absolute Gasteiger partial charge is 0.246 e. The van der Waals surface area contributed by atoms with Gasteiger partial charge in [0.25, 0.3) is 0 Å². The molecule has 0 radical (unpaired) electrons.